The molecule has 2 fully saturated rings. The topological polar surface area (TPSA) is 53.6 Å². The number of hydrogen-bond acceptors (Lipinski definition) is 3. The van der Waals surface area contributed by atoms with Gasteiger partial charge < -0.3 is 5.32 Å². The highest BCUT2D eigenvalue weighted by molar-refractivity contribution is 5.12. The highest BCUT2D eigenvalue weighted by Gasteiger charge is 2.36. The third kappa shape index (κ3) is 2.07. The molecule has 0 aromatic carbocycles. The molecule has 1 aromatic rings. The number of aromatic nitrogens is 3. The number of piperidine rings is 1. The molecule has 0 spiro atoms. The zero-order chi connectivity index (χ0) is 12.4. The van der Waals surface area contributed by atoms with E-state index in [9.17, 15) is 0 Å². The molecule has 1 saturated carbocycles. The van der Waals surface area contributed by atoms with Crippen LogP contribution < -0.4 is 5.32 Å². The zero-order valence-electron chi connectivity index (χ0n) is 11.3. The highest BCUT2D eigenvalue weighted by Crippen LogP contribution is 2.35. The van der Waals surface area contributed by atoms with Crippen LogP contribution >= 0.6 is 0 Å². The second-order valence-corrected chi connectivity index (χ2v) is 5.94. The summed E-state index contributed by atoms with van der Waals surface area (Å²) in [6.07, 6.45) is 8.85. The van der Waals surface area contributed by atoms with Gasteiger partial charge in [0.2, 0.25) is 0 Å². The van der Waals surface area contributed by atoms with Crippen molar-refractivity contribution in [2.24, 2.45) is 0 Å². The summed E-state index contributed by atoms with van der Waals surface area (Å²) in [5, 5.41) is 11.3. The van der Waals surface area contributed by atoms with Crippen LogP contribution in [0, 0.1) is 0 Å². The molecule has 2 N–H and O–H groups in total. The van der Waals surface area contributed by atoms with E-state index >= 15 is 0 Å². The van der Waals surface area contributed by atoms with Gasteiger partial charge >= 0.3 is 0 Å². The summed E-state index contributed by atoms with van der Waals surface area (Å²) in [6.45, 7) is 4.44. The predicted molar refractivity (Wildman–Crippen MR) is 71.7 cm³/mol. The van der Waals surface area contributed by atoms with Crippen LogP contribution in [0.1, 0.15) is 69.4 Å². The van der Waals surface area contributed by atoms with Crippen LogP contribution in [0.4, 0.5) is 0 Å². The summed E-state index contributed by atoms with van der Waals surface area (Å²) in [5.41, 5.74) is 0.172. The summed E-state index contributed by atoms with van der Waals surface area (Å²) < 4.78 is 0. The largest absolute Gasteiger partial charge is 0.316 e. The van der Waals surface area contributed by atoms with E-state index in [0.717, 1.165) is 31.2 Å². The van der Waals surface area contributed by atoms with Gasteiger partial charge in [-0.3, -0.25) is 5.10 Å². The molecule has 1 aliphatic carbocycles. The quantitative estimate of drug-likeness (QED) is 0.864. The first-order valence-electron chi connectivity index (χ1n) is 7.47. The third-order valence-electron chi connectivity index (χ3n) is 4.87. The number of rotatable bonds is 3. The van der Waals surface area contributed by atoms with E-state index in [4.69, 9.17) is 4.98 Å². The van der Waals surface area contributed by atoms with Gasteiger partial charge in [-0.2, -0.15) is 5.10 Å². The maximum atomic E-state index is 4.85. The first kappa shape index (κ1) is 12.2. The highest BCUT2D eigenvalue weighted by atomic mass is 15.2. The van der Waals surface area contributed by atoms with E-state index in [0.29, 0.717) is 5.92 Å². The van der Waals surface area contributed by atoms with Gasteiger partial charge in [0.1, 0.15) is 5.82 Å². The Morgan fingerprint density at radius 3 is 2.78 bits per heavy atom. The summed E-state index contributed by atoms with van der Waals surface area (Å²) >= 11 is 0. The summed E-state index contributed by atoms with van der Waals surface area (Å²) in [7, 11) is 0. The molecule has 0 radical (unpaired) electrons. The van der Waals surface area contributed by atoms with Gasteiger partial charge in [-0.05, 0) is 38.6 Å². The Balaban J connectivity index is 1.82. The molecule has 0 amide bonds. The third-order valence-corrected chi connectivity index (χ3v) is 4.87. The molecule has 1 atom stereocenters. The van der Waals surface area contributed by atoms with E-state index in [1.54, 1.807) is 0 Å². The van der Waals surface area contributed by atoms with Gasteiger partial charge in [0.25, 0.3) is 0 Å². The van der Waals surface area contributed by atoms with Crippen molar-refractivity contribution in [3.8, 4) is 0 Å². The van der Waals surface area contributed by atoms with Gasteiger partial charge in [0.05, 0.1) is 0 Å². The first-order chi connectivity index (χ1) is 8.84. The smallest absolute Gasteiger partial charge is 0.158 e. The minimum Gasteiger partial charge on any atom is -0.316 e. The van der Waals surface area contributed by atoms with E-state index in [2.05, 4.69) is 22.4 Å². The van der Waals surface area contributed by atoms with Crippen molar-refractivity contribution in [1.82, 2.24) is 20.5 Å². The Morgan fingerprint density at radius 1 is 1.28 bits per heavy atom. The summed E-state index contributed by atoms with van der Waals surface area (Å²) in [6, 6.07) is 0. The van der Waals surface area contributed by atoms with Crippen LogP contribution in [0.25, 0.3) is 0 Å². The molecular formula is C14H24N4. The molecule has 1 aromatic heterocycles. The van der Waals surface area contributed by atoms with Crippen LogP contribution in [0.3, 0.4) is 0 Å². The number of hydrogen-bond donors (Lipinski definition) is 2. The Hall–Kier alpha value is -0.900. The maximum absolute atomic E-state index is 4.85. The normalized spacial score (nSPS) is 29.8. The van der Waals surface area contributed by atoms with Gasteiger partial charge in [-0.15, -0.1) is 0 Å². The van der Waals surface area contributed by atoms with Crippen LogP contribution in [-0.2, 0) is 5.41 Å². The average molecular weight is 248 g/mol. The second kappa shape index (κ2) is 5.00. The minimum absolute atomic E-state index is 0.172. The Morgan fingerprint density at radius 2 is 2.11 bits per heavy atom. The van der Waals surface area contributed by atoms with Crippen LogP contribution in [0.5, 0.6) is 0 Å². The fourth-order valence-corrected chi connectivity index (χ4v) is 3.51. The van der Waals surface area contributed by atoms with E-state index in [1.807, 2.05) is 0 Å². The number of nitrogens with zero attached hydrogens (tertiary/aromatic N) is 2. The van der Waals surface area contributed by atoms with Gasteiger partial charge in [-0.1, -0.05) is 19.8 Å². The van der Waals surface area contributed by atoms with Crippen molar-refractivity contribution in [3.63, 3.8) is 0 Å². The molecule has 4 heteroatoms. The lowest BCUT2D eigenvalue weighted by Crippen LogP contribution is -2.43. The monoisotopic (exact) mass is 248 g/mol. The van der Waals surface area contributed by atoms with Crippen molar-refractivity contribution in [2.45, 2.75) is 63.2 Å². The number of aromatic amines is 1. The fraction of sp³-hybridized carbons (Fsp3) is 0.857. The van der Waals surface area contributed by atoms with E-state index in [-0.39, 0.29) is 5.41 Å². The molecule has 1 aliphatic heterocycles. The SMILES string of the molecule is CCC1(c2n[nH]c(C3CCCC3)n2)CCCNC1. The number of H-pyrrole nitrogens is 1. The minimum atomic E-state index is 0.172. The lowest BCUT2D eigenvalue weighted by molar-refractivity contribution is 0.288. The molecule has 1 unspecified atom stereocenters. The van der Waals surface area contributed by atoms with Crippen molar-refractivity contribution in [1.29, 1.82) is 0 Å². The lowest BCUT2D eigenvalue weighted by Gasteiger charge is -2.34. The molecule has 4 nitrogen and oxygen atoms in total. The van der Waals surface area contributed by atoms with E-state index in [1.165, 1.54) is 38.5 Å². The van der Waals surface area contributed by atoms with Crippen molar-refractivity contribution >= 4 is 0 Å². The van der Waals surface area contributed by atoms with Crippen LogP contribution in [-0.4, -0.2) is 28.3 Å². The van der Waals surface area contributed by atoms with E-state index < -0.39 is 0 Å². The first-order valence-corrected chi connectivity index (χ1v) is 7.47. The predicted octanol–water partition coefficient (Wildman–Crippen LogP) is 2.49. The molecule has 3 rings (SSSR count). The molecule has 2 heterocycles. The Kier molecular flexibility index (Phi) is 3.37. The zero-order valence-corrected chi connectivity index (χ0v) is 11.3. The van der Waals surface area contributed by atoms with Crippen molar-refractivity contribution in [2.75, 3.05) is 13.1 Å². The lowest BCUT2D eigenvalue weighted by atomic mass is 9.77. The second-order valence-electron chi connectivity index (χ2n) is 5.94. The molecule has 1 saturated heterocycles. The summed E-state index contributed by atoms with van der Waals surface area (Å²) in [4.78, 5) is 4.85. The van der Waals surface area contributed by atoms with Crippen LogP contribution in [0.2, 0.25) is 0 Å². The maximum Gasteiger partial charge on any atom is 0.158 e. The molecule has 2 aliphatic rings. The van der Waals surface area contributed by atoms with Crippen molar-refractivity contribution in [3.05, 3.63) is 11.6 Å². The fourth-order valence-electron chi connectivity index (χ4n) is 3.51. The van der Waals surface area contributed by atoms with Gasteiger partial charge in [0.15, 0.2) is 5.82 Å². The molecule has 18 heavy (non-hydrogen) atoms. The van der Waals surface area contributed by atoms with Gasteiger partial charge in [0, 0.05) is 17.9 Å². The van der Waals surface area contributed by atoms with Crippen LogP contribution in [0.15, 0.2) is 0 Å². The molecular weight excluding hydrogens is 224 g/mol. The Labute approximate surface area is 109 Å². The van der Waals surface area contributed by atoms with Gasteiger partial charge in [-0.25, -0.2) is 4.98 Å². The Bertz CT molecular complexity index is 386. The molecule has 0 bridgehead atoms. The average Bonchev–Trinajstić information content (AvgIpc) is 3.10. The van der Waals surface area contributed by atoms with Crippen molar-refractivity contribution < 1.29 is 0 Å². The standard InChI is InChI=1S/C14H24N4/c1-2-14(8-5-9-15-10-14)13-16-12(17-18-13)11-6-3-4-7-11/h11,15H,2-10H2,1H3,(H,16,17,18). The molecule has 100 valence electrons. The summed E-state index contributed by atoms with van der Waals surface area (Å²) in [5.74, 6) is 2.83. The number of nitrogens with one attached hydrogen (secondary N) is 2.